The highest BCUT2D eigenvalue weighted by Crippen LogP contribution is 2.39. The summed E-state index contributed by atoms with van der Waals surface area (Å²) in [7, 11) is 5.28. The lowest BCUT2D eigenvalue weighted by Gasteiger charge is -2.39. The van der Waals surface area contributed by atoms with Crippen LogP contribution in [0.2, 0.25) is 0 Å². The number of benzene rings is 1. The van der Waals surface area contributed by atoms with Gasteiger partial charge in [0.05, 0.1) is 7.11 Å². The topological polar surface area (TPSA) is 113 Å². The van der Waals surface area contributed by atoms with Gasteiger partial charge >= 0.3 is 0 Å². The van der Waals surface area contributed by atoms with E-state index in [1.54, 1.807) is 7.11 Å². The number of fused-ring (bicyclic) bond motifs is 1. The molecule has 0 saturated carbocycles. The van der Waals surface area contributed by atoms with Crippen molar-refractivity contribution in [1.82, 2.24) is 4.90 Å². The van der Waals surface area contributed by atoms with E-state index in [-0.39, 0.29) is 0 Å². The molecular formula is C18H24N4O5S. The van der Waals surface area contributed by atoms with E-state index in [0.717, 1.165) is 11.3 Å². The van der Waals surface area contributed by atoms with Gasteiger partial charge in [0, 0.05) is 14.1 Å². The molecule has 0 radical (unpaired) electrons. The van der Waals surface area contributed by atoms with Crippen LogP contribution in [0, 0.1) is 9.81 Å². The fourth-order valence-electron chi connectivity index (χ4n) is 3.41. The van der Waals surface area contributed by atoms with Crippen molar-refractivity contribution in [2.75, 3.05) is 21.2 Å². The van der Waals surface area contributed by atoms with Gasteiger partial charge in [-0.1, -0.05) is 34.2 Å². The Balaban J connectivity index is 1.70. The van der Waals surface area contributed by atoms with Crippen LogP contribution in [0.4, 0.5) is 0 Å². The zero-order valence-corrected chi connectivity index (χ0v) is 16.8. The second-order valence-corrected chi connectivity index (χ2v) is 8.10. The number of aliphatic hydroxyl groups excluding tert-OH is 1. The SMILES string of the molecule is COc1ccc(CC[C@H](N=O)[C@H]2O[C@@H]3SC(N(C)C)=N[C@@H]3[C@@H](O)[C@@H]2N=O)cc1. The molecule has 3 rings (SSSR count). The molecule has 2 aliphatic rings. The van der Waals surface area contributed by atoms with Gasteiger partial charge in [0.15, 0.2) is 5.17 Å². The molecule has 0 unspecified atom stereocenters. The van der Waals surface area contributed by atoms with E-state index in [4.69, 9.17) is 9.47 Å². The van der Waals surface area contributed by atoms with Crippen LogP contribution in [0.1, 0.15) is 12.0 Å². The van der Waals surface area contributed by atoms with Crippen molar-refractivity contribution in [1.29, 1.82) is 0 Å². The Labute approximate surface area is 167 Å². The van der Waals surface area contributed by atoms with E-state index in [1.165, 1.54) is 11.8 Å². The maximum absolute atomic E-state index is 11.5. The van der Waals surface area contributed by atoms with Gasteiger partial charge in [0.2, 0.25) is 0 Å². The first kappa shape index (κ1) is 20.7. The summed E-state index contributed by atoms with van der Waals surface area (Å²) in [5.41, 5.74) is 0.536. The molecule has 9 nitrogen and oxygen atoms in total. The highest BCUT2D eigenvalue weighted by Gasteiger charge is 2.52. The molecule has 0 aliphatic carbocycles. The molecule has 1 aromatic carbocycles. The lowest BCUT2D eigenvalue weighted by molar-refractivity contribution is -0.0939. The van der Waals surface area contributed by atoms with Crippen molar-refractivity contribution >= 4 is 16.9 Å². The van der Waals surface area contributed by atoms with Crippen LogP contribution in [0.25, 0.3) is 0 Å². The van der Waals surface area contributed by atoms with Gasteiger partial charge in [0.25, 0.3) is 0 Å². The average molecular weight is 408 g/mol. The van der Waals surface area contributed by atoms with Crippen LogP contribution in [0.15, 0.2) is 39.6 Å². The van der Waals surface area contributed by atoms with E-state index < -0.39 is 35.8 Å². The fraction of sp³-hybridized carbons (Fsp3) is 0.611. The predicted molar refractivity (Wildman–Crippen MR) is 108 cm³/mol. The number of nitrogens with zero attached hydrogens (tertiary/aromatic N) is 4. The predicted octanol–water partition coefficient (Wildman–Crippen LogP) is 2.02. The van der Waals surface area contributed by atoms with Crippen LogP contribution < -0.4 is 4.74 Å². The number of aryl methyl sites for hydroxylation is 1. The summed E-state index contributed by atoms with van der Waals surface area (Å²) >= 11 is 1.36. The van der Waals surface area contributed by atoms with E-state index in [2.05, 4.69) is 15.3 Å². The minimum atomic E-state index is -1.11. The molecular weight excluding hydrogens is 384 g/mol. The first-order valence-corrected chi connectivity index (χ1v) is 9.89. The van der Waals surface area contributed by atoms with Crippen LogP contribution >= 0.6 is 11.8 Å². The van der Waals surface area contributed by atoms with Crippen molar-refractivity contribution < 1.29 is 14.6 Å². The molecule has 1 fully saturated rings. The minimum Gasteiger partial charge on any atom is -0.497 e. The van der Waals surface area contributed by atoms with Gasteiger partial charge in [-0.15, -0.1) is 0 Å². The summed E-state index contributed by atoms with van der Waals surface area (Å²) in [5.74, 6) is 0.749. The smallest absolute Gasteiger partial charge is 0.161 e. The van der Waals surface area contributed by atoms with Crippen molar-refractivity contribution in [2.24, 2.45) is 15.3 Å². The largest absolute Gasteiger partial charge is 0.497 e. The maximum atomic E-state index is 11.5. The summed E-state index contributed by atoms with van der Waals surface area (Å²) in [5, 5.41) is 17.6. The zero-order valence-electron chi connectivity index (χ0n) is 16.0. The van der Waals surface area contributed by atoms with E-state index in [9.17, 15) is 14.9 Å². The van der Waals surface area contributed by atoms with Gasteiger partial charge in [-0.05, 0) is 30.5 Å². The quantitative estimate of drug-likeness (QED) is 0.687. The number of amidine groups is 1. The van der Waals surface area contributed by atoms with Crippen molar-refractivity contribution in [2.45, 2.75) is 48.6 Å². The zero-order chi connectivity index (χ0) is 20.3. The first-order valence-electron chi connectivity index (χ1n) is 9.01. The Hall–Kier alpha value is -2.04. The van der Waals surface area contributed by atoms with Gasteiger partial charge in [0.1, 0.15) is 41.5 Å². The molecule has 0 bridgehead atoms. The van der Waals surface area contributed by atoms with Gasteiger partial charge in [-0.25, -0.2) is 0 Å². The van der Waals surface area contributed by atoms with Gasteiger partial charge < -0.3 is 19.5 Å². The van der Waals surface area contributed by atoms with E-state index in [0.29, 0.717) is 18.0 Å². The fourth-order valence-corrected chi connectivity index (χ4v) is 4.56. The number of hydrogen-bond donors (Lipinski definition) is 1. The van der Waals surface area contributed by atoms with Crippen LogP contribution in [-0.4, -0.2) is 72.1 Å². The Morgan fingerprint density at radius 3 is 2.61 bits per heavy atom. The third-order valence-electron chi connectivity index (χ3n) is 4.99. The van der Waals surface area contributed by atoms with Crippen molar-refractivity contribution in [3.8, 4) is 5.75 Å². The Morgan fingerprint density at radius 1 is 1.32 bits per heavy atom. The number of methoxy groups -OCH3 is 1. The molecule has 0 spiro atoms. The third kappa shape index (κ3) is 4.18. The number of nitroso groups, excluding NO2 is 2. The Morgan fingerprint density at radius 2 is 2.04 bits per heavy atom. The summed E-state index contributed by atoms with van der Waals surface area (Å²) < 4.78 is 11.1. The summed E-state index contributed by atoms with van der Waals surface area (Å²) in [4.78, 5) is 29.2. The first-order chi connectivity index (χ1) is 13.5. The molecule has 10 heteroatoms. The Kier molecular flexibility index (Phi) is 6.63. The number of aliphatic hydroxyl groups is 1. The van der Waals surface area contributed by atoms with Crippen molar-refractivity contribution in [3.63, 3.8) is 0 Å². The number of hydrogen-bond acceptors (Lipinski definition) is 10. The molecule has 0 aromatic heterocycles. The number of rotatable bonds is 7. The number of ether oxygens (including phenoxy) is 2. The molecule has 1 aromatic rings. The lowest BCUT2D eigenvalue weighted by Crippen LogP contribution is -2.57. The summed E-state index contributed by atoms with van der Waals surface area (Å²) in [6, 6.07) is 5.02. The monoisotopic (exact) mass is 408 g/mol. The average Bonchev–Trinajstić information content (AvgIpc) is 3.14. The maximum Gasteiger partial charge on any atom is 0.161 e. The summed E-state index contributed by atoms with van der Waals surface area (Å²) in [6.07, 6.45) is -1.05. The second kappa shape index (κ2) is 8.97. The summed E-state index contributed by atoms with van der Waals surface area (Å²) in [6.45, 7) is 0. The molecule has 0 amide bonds. The molecule has 1 N–H and O–H groups in total. The lowest BCUT2D eigenvalue weighted by atomic mass is 9.89. The molecule has 2 heterocycles. The van der Waals surface area contributed by atoms with Crippen LogP contribution in [-0.2, 0) is 11.2 Å². The van der Waals surface area contributed by atoms with E-state index in [1.807, 2.05) is 43.3 Å². The highest BCUT2D eigenvalue weighted by molar-refractivity contribution is 8.14. The molecule has 152 valence electrons. The van der Waals surface area contributed by atoms with Gasteiger partial charge in [-0.3, -0.25) is 4.99 Å². The number of thioether (sulfide) groups is 1. The van der Waals surface area contributed by atoms with Crippen LogP contribution in [0.3, 0.4) is 0 Å². The standard InChI is InChI=1S/C18H24N4O5S/c1-22(2)18-19-14-15(23)13(21-25)16(27-17(14)28-18)12(20-24)9-6-10-4-7-11(26-3)8-5-10/h4-5,7-8,12-17,23H,6,9H2,1-3H3/t12-,13-,14+,15-,16+,17+/m0/s1. The van der Waals surface area contributed by atoms with E-state index >= 15 is 0 Å². The second-order valence-electron chi connectivity index (χ2n) is 7.03. The third-order valence-corrected chi connectivity index (χ3v) is 6.30. The highest BCUT2D eigenvalue weighted by atomic mass is 32.2. The Bertz CT molecular complexity index is 729. The van der Waals surface area contributed by atoms with Crippen molar-refractivity contribution in [3.05, 3.63) is 39.6 Å². The molecule has 6 atom stereocenters. The normalized spacial score (nSPS) is 30.1. The minimum absolute atomic E-state index is 0.378. The molecule has 28 heavy (non-hydrogen) atoms. The molecule has 2 aliphatic heterocycles. The van der Waals surface area contributed by atoms with Crippen LogP contribution in [0.5, 0.6) is 5.75 Å². The molecule has 1 saturated heterocycles. The number of aliphatic imine (C=N–C) groups is 1. The van der Waals surface area contributed by atoms with Gasteiger partial charge in [-0.2, -0.15) is 9.81 Å².